The summed E-state index contributed by atoms with van der Waals surface area (Å²) in [5, 5.41) is 4.73. The van der Waals surface area contributed by atoms with Gasteiger partial charge >= 0.3 is 0 Å². The zero-order valence-electron chi connectivity index (χ0n) is 12.8. The Morgan fingerprint density at radius 3 is 2.86 bits per heavy atom. The number of nitrogens with zero attached hydrogens (tertiary/aromatic N) is 2. The molecule has 8 heteroatoms. The van der Waals surface area contributed by atoms with Crippen molar-refractivity contribution in [3.8, 4) is 0 Å². The smallest absolute Gasteiger partial charge is 0.241 e. The third kappa shape index (κ3) is 4.48. The van der Waals surface area contributed by atoms with Crippen molar-refractivity contribution in [3.05, 3.63) is 16.3 Å². The first-order valence-corrected chi connectivity index (χ1v) is 9.39. The summed E-state index contributed by atoms with van der Waals surface area (Å²) in [6, 6.07) is 1.95. The van der Waals surface area contributed by atoms with Gasteiger partial charge in [0.1, 0.15) is 0 Å². The van der Waals surface area contributed by atoms with Gasteiger partial charge in [0.05, 0.1) is 4.90 Å². The minimum Gasteiger partial charge on any atom is -0.315 e. The van der Waals surface area contributed by atoms with Gasteiger partial charge in [-0.2, -0.15) is 0 Å². The van der Waals surface area contributed by atoms with Crippen LogP contribution in [0.1, 0.15) is 4.88 Å². The van der Waals surface area contributed by atoms with E-state index in [1.807, 2.05) is 14.1 Å². The van der Waals surface area contributed by atoms with E-state index in [0.29, 0.717) is 18.0 Å². The Bertz CT molecular complexity index is 558. The second-order valence-electron chi connectivity index (χ2n) is 5.53. The topological polar surface area (TPSA) is 64.7 Å². The SMILES string of the molecule is CNCc1cc(S(=O)(=O)NCC2CN(C)CCN2C)cs1. The molecule has 0 bridgehead atoms. The summed E-state index contributed by atoms with van der Waals surface area (Å²) >= 11 is 1.46. The molecule has 0 aliphatic carbocycles. The van der Waals surface area contributed by atoms with Gasteiger partial charge in [-0.25, -0.2) is 13.1 Å². The fourth-order valence-electron chi connectivity index (χ4n) is 2.38. The molecule has 1 saturated heterocycles. The highest BCUT2D eigenvalue weighted by Crippen LogP contribution is 2.19. The maximum Gasteiger partial charge on any atom is 0.241 e. The standard InChI is InChI=1S/C13H24N4O2S2/c1-14-8-12-6-13(10-20-12)21(18,19)15-7-11-9-16(2)4-5-17(11)3/h6,10-11,14-15H,4-5,7-9H2,1-3H3. The number of sulfonamides is 1. The van der Waals surface area contributed by atoms with E-state index in [0.717, 1.165) is 24.5 Å². The van der Waals surface area contributed by atoms with Crippen LogP contribution >= 0.6 is 11.3 Å². The Morgan fingerprint density at radius 2 is 2.14 bits per heavy atom. The van der Waals surface area contributed by atoms with Crippen LogP contribution in [0, 0.1) is 0 Å². The van der Waals surface area contributed by atoms with Gasteiger partial charge in [-0.1, -0.05) is 0 Å². The lowest BCUT2D eigenvalue weighted by atomic mass is 10.2. The molecule has 0 spiro atoms. The highest BCUT2D eigenvalue weighted by molar-refractivity contribution is 7.89. The fourth-order valence-corrected chi connectivity index (χ4v) is 4.74. The Hall–Kier alpha value is -0.510. The quantitative estimate of drug-likeness (QED) is 0.767. The summed E-state index contributed by atoms with van der Waals surface area (Å²) in [7, 11) is 2.55. The molecule has 1 aliphatic rings. The van der Waals surface area contributed by atoms with Gasteiger partial charge < -0.3 is 10.2 Å². The third-order valence-corrected chi connectivity index (χ3v) is 6.27. The van der Waals surface area contributed by atoms with E-state index < -0.39 is 10.0 Å². The Morgan fingerprint density at radius 1 is 1.38 bits per heavy atom. The average molecular weight is 332 g/mol. The molecule has 1 aromatic rings. The van der Waals surface area contributed by atoms with Crippen LogP contribution in [0.25, 0.3) is 0 Å². The summed E-state index contributed by atoms with van der Waals surface area (Å²) in [5.74, 6) is 0. The zero-order valence-corrected chi connectivity index (χ0v) is 14.4. The molecule has 2 rings (SSSR count). The Kier molecular flexibility index (Phi) is 5.75. The van der Waals surface area contributed by atoms with Gasteiger partial charge in [0.25, 0.3) is 0 Å². The van der Waals surface area contributed by atoms with Gasteiger partial charge in [0, 0.05) is 49.0 Å². The molecule has 1 fully saturated rings. The zero-order chi connectivity index (χ0) is 15.5. The van der Waals surface area contributed by atoms with Crippen LogP contribution in [0.15, 0.2) is 16.3 Å². The molecule has 1 atom stereocenters. The van der Waals surface area contributed by atoms with Gasteiger partial charge in [-0.3, -0.25) is 4.90 Å². The van der Waals surface area contributed by atoms with Crippen molar-refractivity contribution in [2.45, 2.75) is 17.5 Å². The molecule has 21 heavy (non-hydrogen) atoms. The van der Waals surface area contributed by atoms with E-state index in [1.54, 1.807) is 11.4 Å². The number of nitrogens with one attached hydrogen (secondary N) is 2. The highest BCUT2D eigenvalue weighted by atomic mass is 32.2. The van der Waals surface area contributed by atoms with E-state index in [1.165, 1.54) is 11.3 Å². The fraction of sp³-hybridized carbons (Fsp3) is 0.692. The highest BCUT2D eigenvalue weighted by Gasteiger charge is 2.24. The minimum atomic E-state index is -3.41. The first-order chi connectivity index (χ1) is 9.92. The maximum absolute atomic E-state index is 12.3. The van der Waals surface area contributed by atoms with E-state index in [4.69, 9.17) is 0 Å². The molecule has 2 heterocycles. The predicted molar refractivity (Wildman–Crippen MR) is 86.2 cm³/mol. The number of rotatable bonds is 6. The number of likely N-dealkylation sites (N-methyl/N-ethyl adjacent to an activating group) is 2. The molecule has 0 radical (unpaired) electrons. The molecular formula is C13H24N4O2S2. The third-order valence-electron chi connectivity index (χ3n) is 3.78. The Labute approximate surface area is 131 Å². The first kappa shape index (κ1) is 16.9. The van der Waals surface area contributed by atoms with E-state index >= 15 is 0 Å². The lowest BCUT2D eigenvalue weighted by molar-refractivity contribution is 0.117. The molecule has 120 valence electrons. The lowest BCUT2D eigenvalue weighted by Crippen LogP contribution is -2.54. The molecule has 6 nitrogen and oxygen atoms in total. The van der Waals surface area contributed by atoms with Gasteiger partial charge in [0.2, 0.25) is 10.0 Å². The summed E-state index contributed by atoms with van der Waals surface area (Å²) in [6.45, 7) is 4.01. The molecule has 1 aliphatic heterocycles. The second-order valence-corrected chi connectivity index (χ2v) is 8.29. The largest absolute Gasteiger partial charge is 0.315 e. The van der Waals surface area contributed by atoms with Crippen molar-refractivity contribution in [2.75, 3.05) is 47.3 Å². The molecule has 0 amide bonds. The summed E-state index contributed by atoms with van der Waals surface area (Å²) < 4.78 is 27.4. The van der Waals surface area contributed by atoms with Crippen LogP contribution in [0.3, 0.4) is 0 Å². The predicted octanol–water partition coefficient (Wildman–Crippen LogP) is -0.00840. The summed E-state index contributed by atoms with van der Waals surface area (Å²) in [5.41, 5.74) is 0. The van der Waals surface area contributed by atoms with Crippen molar-refractivity contribution in [3.63, 3.8) is 0 Å². The molecule has 1 aromatic heterocycles. The molecule has 2 N–H and O–H groups in total. The first-order valence-electron chi connectivity index (χ1n) is 7.03. The van der Waals surface area contributed by atoms with E-state index in [2.05, 4.69) is 26.9 Å². The van der Waals surface area contributed by atoms with Crippen LogP contribution in [-0.2, 0) is 16.6 Å². The van der Waals surface area contributed by atoms with Crippen molar-refractivity contribution in [1.82, 2.24) is 19.8 Å². The van der Waals surface area contributed by atoms with E-state index in [9.17, 15) is 8.42 Å². The number of piperazine rings is 1. The number of hydrogen-bond donors (Lipinski definition) is 2. The molecule has 0 aromatic carbocycles. The average Bonchev–Trinajstić information content (AvgIpc) is 2.90. The van der Waals surface area contributed by atoms with E-state index in [-0.39, 0.29) is 6.04 Å². The summed E-state index contributed by atoms with van der Waals surface area (Å²) in [4.78, 5) is 5.83. The van der Waals surface area contributed by atoms with Crippen molar-refractivity contribution < 1.29 is 8.42 Å². The maximum atomic E-state index is 12.3. The van der Waals surface area contributed by atoms with Crippen LogP contribution in [-0.4, -0.2) is 71.6 Å². The molecule has 0 saturated carbocycles. The normalized spacial score (nSPS) is 21.8. The monoisotopic (exact) mass is 332 g/mol. The van der Waals surface area contributed by atoms with Crippen molar-refractivity contribution in [1.29, 1.82) is 0 Å². The van der Waals surface area contributed by atoms with Crippen molar-refractivity contribution in [2.24, 2.45) is 0 Å². The van der Waals surface area contributed by atoms with Gasteiger partial charge in [0.15, 0.2) is 0 Å². The molecule has 1 unspecified atom stereocenters. The van der Waals surface area contributed by atoms with Crippen LogP contribution < -0.4 is 10.0 Å². The lowest BCUT2D eigenvalue weighted by Gasteiger charge is -2.37. The number of hydrogen-bond acceptors (Lipinski definition) is 6. The Balaban J connectivity index is 1.96. The van der Waals surface area contributed by atoms with Crippen LogP contribution in [0.2, 0.25) is 0 Å². The van der Waals surface area contributed by atoms with Gasteiger partial charge in [-0.05, 0) is 27.2 Å². The summed E-state index contributed by atoms with van der Waals surface area (Å²) in [6.07, 6.45) is 0. The molecular weight excluding hydrogens is 308 g/mol. The number of thiophene rings is 1. The van der Waals surface area contributed by atoms with Gasteiger partial charge in [-0.15, -0.1) is 11.3 Å². The van der Waals surface area contributed by atoms with Crippen LogP contribution in [0.4, 0.5) is 0 Å². The van der Waals surface area contributed by atoms with Crippen LogP contribution in [0.5, 0.6) is 0 Å². The van der Waals surface area contributed by atoms with Crippen molar-refractivity contribution >= 4 is 21.4 Å². The minimum absolute atomic E-state index is 0.217. The second kappa shape index (κ2) is 7.17.